The molecule has 112 valence electrons. The molecular weight excluding hydrogens is 277 g/mol. The predicted octanol–water partition coefficient (Wildman–Crippen LogP) is 3.99. The average Bonchev–Trinajstić information content (AvgIpc) is 2.47. The summed E-state index contributed by atoms with van der Waals surface area (Å²) in [5.41, 5.74) is 1.02. The molecule has 2 nitrogen and oxygen atoms in total. The number of likely N-dealkylation sites (N-methyl/N-ethyl adjacent to an activating group) is 1. The summed E-state index contributed by atoms with van der Waals surface area (Å²) in [6.07, 6.45) is -2.90. The Kier molecular flexibility index (Phi) is 4.96. The van der Waals surface area contributed by atoms with Crippen LogP contribution < -0.4 is 5.32 Å². The van der Waals surface area contributed by atoms with E-state index in [1.165, 1.54) is 6.07 Å². The number of hydrogen-bond acceptors (Lipinski definition) is 2. The molecule has 0 aliphatic rings. The van der Waals surface area contributed by atoms with Crippen molar-refractivity contribution in [3.8, 4) is 0 Å². The van der Waals surface area contributed by atoms with Gasteiger partial charge in [0, 0.05) is 24.4 Å². The van der Waals surface area contributed by atoms with Crippen LogP contribution in [0.5, 0.6) is 0 Å². The topological polar surface area (TPSA) is 24.9 Å². The van der Waals surface area contributed by atoms with Gasteiger partial charge in [-0.2, -0.15) is 13.2 Å². The van der Waals surface area contributed by atoms with E-state index in [9.17, 15) is 13.2 Å². The third-order valence-corrected chi connectivity index (χ3v) is 3.22. The van der Waals surface area contributed by atoms with Crippen molar-refractivity contribution >= 4 is 0 Å². The van der Waals surface area contributed by atoms with Crippen molar-refractivity contribution in [3.63, 3.8) is 0 Å². The van der Waals surface area contributed by atoms with Gasteiger partial charge in [0.15, 0.2) is 0 Å². The van der Waals surface area contributed by atoms with E-state index in [1.807, 2.05) is 37.3 Å². The molecule has 0 aliphatic carbocycles. The van der Waals surface area contributed by atoms with Gasteiger partial charge in [0.05, 0.1) is 5.56 Å². The van der Waals surface area contributed by atoms with E-state index in [2.05, 4.69) is 10.3 Å². The zero-order valence-corrected chi connectivity index (χ0v) is 11.7. The molecule has 0 spiro atoms. The molecule has 1 unspecified atom stereocenters. The second-order valence-corrected chi connectivity index (χ2v) is 4.76. The van der Waals surface area contributed by atoms with Gasteiger partial charge in [0.25, 0.3) is 0 Å². The lowest BCUT2D eigenvalue weighted by atomic mass is 10.0. The largest absolute Gasteiger partial charge is 0.417 e. The summed E-state index contributed by atoms with van der Waals surface area (Å²) in [6, 6.07) is 12.4. The number of alkyl halides is 3. The lowest BCUT2D eigenvalue weighted by Crippen LogP contribution is -2.23. The van der Waals surface area contributed by atoms with E-state index < -0.39 is 11.7 Å². The van der Waals surface area contributed by atoms with Crippen molar-refractivity contribution in [2.24, 2.45) is 0 Å². The van der Waals surface area contributed by atoms with Crippen molar-refractivity contribution < 1.29 is 13.2 Å². The molecule has 0 bridgehead atoms. The second kappa shape index (κ2) is 6.72. The summed E-state index contributed by atoms with van der Waals surface area (Å²) in [7, 11) is 0. The van der Waals surface area contributed by atoms with Crippen LogP contribution in [0.3, 0.4) is 0 Å². The highest BCUT2D eigenvalue weighted by Crippen LogP contribution is 2.28. The van der Waals surface area contributed by atoms with Crippen molar-refractivity contribution in [1.82, 2.24) is 10.3 Å². The fraction of sp³-hybridized carbons (Fsp3) is 0.312. The second-order valence-electron chi connectivity index (χ2n) is 4.76. The Morgan fingerprint density at radius 1 is 1.10 bits per heavy atom. The first-order chi connectivity index (χ1) is 10.0. The Labute approximate surface area is 122 Å². The Hall–Kier alpha value is -1.88. The highest BCUT2D eigenvalue weighted by molar-refractivity contribution is 5.23. The summed E-state index contributed by atoms with van der Waals surface area (Å²) in [5.74, 6) is 0. The minimum atomic E-state index is -4.34. The monoisotopic (exact) mass is 294 g/mol. The number of pyridine rings is 1. The van der Waals surface area contributed by atoms with E-state index in [1.54, 1.807) is 0 Å². The van der Waals surface area contributed by atoms with Gasteiger partial charge in [-0.05, 0) is 24.2 Å². The lowest BCUT2D eigenvalue weighted by Gasteiger charge is -2.18. The van der Waals surface area contributed by atoms with Crippen molar-refractivity contribution in [2.75, 3.05) is 6.54 Å². The summed E-state index contributed by atoms with van der Waals surface area (Å²) in [5, 5.41) is 3.33. The highest BCUT2D eigenvalue weighted by Gasteiger charge is 2.30. The molecule has 2 aromatic rings. The number of nitrogens with zero attached hydrogens (tertiary/aromatic N) is 1. The number of halogens is 3. The molecule has 1 heterocycles. The van der Waals surface area contributed by atoms with Crippen LogP contribution in [0.2, 0.25) is 0 Å². The zero-order chi connectivity index (χ0) is 15.3. The molecule has 0 aliphatic heterocycles. The molecule has 1 aromatic heterocycles. The molecule has 0 fully saturated rings. The van der Waals surface area contributed by atoms with Gasteiger partial charge in [-0.15, -0.1) is 0 Å². The maximum atomic E-state index is 12.5. The maximum Gasteiger partial charge on any atom is 0.417 e. The van der Waals surface area contributed by atoms with Gasteiger partial charge in [-0.3, -0.25) is 4.98 Å². The highest BCUT2D eigenvalue weighted by atomic mass is 19.4. The summed E-state index contributed by atoms with van der Waals surface area (Å²) in [6.45, 7) is 2.77. The molecule has 1 aromatic carbocycles. The van der Waals surface area contributed by atoms with E-state index in [-0.39, 0.29) is 6.04 Å². The molecule has 5 heteroatoms. The fourth-order valence-corrected chi connectivity index (χ4v) is 2.16. The number of benzene rings is 1. The van der Waals surface area contributed by atoms with Gasteiger partial charge < -0.3 is 5.32 Å². The zero-order valence-electron chi connectivity index (χ0n) is 11.7. The standard InChI is InChI=1S/C16H17F3N2/c1-2-20-15(12-6-4-3-5-7-12)10-14-9-8-13(11-21-14)16(17,18)19/h3-9,11,15,20H,2,10H2,1H3. The normalized spacial score (nSPS) is 13.1. The van der Waals surface area contributed by atoms with Crippen LogP contribution >= 0.6 is 0 Å². The van der Waals surface area contributed by atoms with Crippen molar-refractivity contribution in [2.45, 2.75) is 25.6 Å². The van der Waals surface area contributed by atoms with E-state index >= 15 is 0 Å². The van der Waals surface area contributed by atoms with Gasteiger partial charge in [-0.25, -0.2) is 0 Å². The molecule has 0 saturated heterocycles. The third kappa shape index (κ3) is 4.29. The van der Waals surface area contributed by atoms with Gasteiger partial charge >= 0.3 is 6.18 Å². The molecule has 1 N–H and O–H groups in total. The van der Waals surface area contributed by atoms with Crippen LogP contribution in [0.4, 0.5) is 13.2 Å². The van der Waals surface area contributed by atoms with Gasteiger partial charge in [0.1, 0.15) is 0 Å². The SMILES string of the molecule is CCNC(Cc1ccc(C(F)(F)F)cn1)c1ccccc1. The summed E-state index contributed by atoms with van der Waals surface area (Å²) < 4.78 is 37.5. The van der Waals surface area contributed by atoms with Crippen LogP contribution in [0.1, 0.15) is 29.8 Å². The average molecular weight is 294 g/mol. The Morgan fingerprint density at radius 3 is 2.33 bits per heavy atom. The molecule has 0 amide bonds. The van der Waals surface area contributed by atoms with Crippen LogP contribution in [0, 0.1) is 0 Å². The molecular formula is C16H17F3N2. The van der Waals surface area contributed by atoms with Crippen LogP contribution in [-0.4, -0.2) is 11.5 Å². The quantitative estimate of drug-likeness (QED) is 0.901. The first-order valence-corrected chi connectivity index (χ1v) is 6.81. The Bertz CT molecular complexity index is 550. The summed E-state index contributed by atoms with van der Waals surface area (Å²) >= 11 is 0. The van der Waals surface area contributed by atoms with E-state index in [0.29, 0.717) is 12.1 Å². The molecule has 1 atom stereocenters. The smallest absolute Gasteiger partial charge is 0.310 e. The molecule has 0 radical (unpaired) electrons. The molecule has 2 rings (SSSR count). The van der Waals surface area contributed by atoms with E-state index in [0.717, 1.165) is 24.4 Å². The van der Waals surface area contributed by atoms with Gasteiger partial charge in [-0.1, -0.05) is 37.3 Å². The Balaban J connectivity index is 2.14. The fourth-order valence-electron chi connectivity index (χ4n) is 2.16. The van der Waals surface area contributed by atoms with Crippen LogP contribution in [0.15, 0.2) is 48.7 Å². The number of aromatic nitrogens is 1. The van der Waals surface area contributed by atoms with Gasteiger partial charge in [0.2, 0.25) is 0 Å². The summed E-state index contributed by atoms with van der Waals surface area (Å²) in [4.78, 5) is 3.93. The first kappa shape index (κ1) is 15.5. The number of rotatable bonds is 5. The number of hydrogen-bond donors (Lipinski definition) is 1. The van der Waals surface area contributed by atoms with Crippen molar-refractivity contribution in [3.05, 3.63) is 65.5 Å². The van der Waals surface area contributed by atoms with E-state index in [4.69, 9.17) is 0 Å². The van der Waals surface area contributed by atoms with Crippen LogP contribution in [0.25, 0.3) is 0 Å². The minimum absolute atomic E-state index is 0.0421. The number of nitrogens with one attached hydrogen (secondary N) is 1. The maximum absolute atomic E-state index is 12.5. The van der Waals surface area contributed by atoms with Crippen LogP contribution in [-0.2, 0) is 12.6 Å². The lowest BCUT2D eigenvalue weighted by molar-refractivity contribution is -0.137. The molecule has 0 saturated carbocycles. The predicted molar refractivity (Wildman–Crippen MR) is 75.8 cm³/mol. The molecule has 21 heavy (non-hydrogen) atoms. The van der Waals surface area contributed by atoms with Crippen molar-refractivity contribution in [1.29, 1.82) is 0 Å². The minimum Gasteiger partial charge on any atom is -0.310 e. The Morgan fingerprint density at radius 2 is 1.81 bits per heavy atom. The third-order valence-electron chi connectivity index (χ3n) is 3.22. The first-order valence-electron chi connectivity index (χ1n) is 6.81.